The highest BCUT2D eigenvalue weighted by Crippen LogP contribution is 2.17. The normalized spacial score (nSPS) is 21.9. The van der Waals surface area contributed by atoms with E-state index in [-0.39, 0.29) is 5.92 Å². The number of amides is 1. The number of alkyl carbamates (subject to hydrolysis) is 1. The first-order chi connectivity index (χ1) is 7.79. The lowest BCUT2D eigenvalue weighted by Gasteiger charge is -2.24. The van der Waals surface area contributed by atoms with Crippen LogP contribution < -0.4 is 5.32 Å². The predicted octanol–water partition coefficient (Wildman–Crippen LogP) is 1.00. The summed E-state index contributed by atoms with van der Waals surface area (Å²) in [5, 5.41) is 11.4. The lowest BCUT2D eigenvalue weighted by molar-refractivity contribution is -0.141. The van der Waals surface area contributed by atoms with E-state index in [1.807, 2.05) is 0 Å². The molecule has 6 nitrogen and oxygen atoms in total. The summed E-state index contributed by atoms with van der Waals surface area (Å²) in [5.74, 6) is -1.26. The Morgan fingerprint density at radius 1 is 1.47 bits per heavy atom. The molecule has 1 amide bonds. The van der Waals surface area contributed by atoms with Crippen LogP contribution in [0.2, 0.25) is 0 Å². The average molecular weight is 245 g/mol. The second kappa shape index (κ2) is 5.35. The third kappa shape index (κ3) is 4.60. The number of carbonyl (C=O) groups is 2. The van der Waals surface area contributed by atoms with Gasteiger partial charge in [0.15, 0.2) is 0 Å². The van der Waals surface area contributed by atoms with Gasteiger partial charge in [-0.2, -0.15) is 0 Å². The number of carbonyl (C=O) groups excluding carboxylic acids is 1. The first-order valence-electron chi connectivity index (χ1n) is 5.59. The summed E-state index contributed by atoms with van der Waals surface area (Å²) in [4.78, 5) is 22.6. The van der Waals surface area contributed by atoms with E-state index in [1.165, 1.54) is 0 Å². The van der Waals surface area contributed by atoms with Gasteiger partial charge in [0.2, 0.25) is 0 Å². The summed E-state index contributed by atoms with van der Waals surface area (Å²) < 4.78 is 10.1. The van der Waals surface area contributed by atoms with Gasteiger partial charge in [-0.05, 0) is 27.2 Å². The summed E-state index contributed by atoms with van der Waals surface area (Å²) in [5.41, 5.74) is -0.640. The van der Waals surface area contributed by atoms with Gasteiger partial charge in [0.1, 0.15) is 11.6 Å². The fourth-order valence-electron chi connectivity index (χ4n) is 1.63. The molecule has 1 rings (SSSR count). The van der Waals surface area contributed by atoms with Crippen LogP contribution in [0.4, 0.5) is 4.79 Å². The number of hydrogen-bond acceptors (Lipinski definition) is 4. The highest BCUT2D eigenvalue weighted by molar-refractivity contribution is 5.80. The first kappa shape index (κ1) is 13.8. The summed E-state index contributed by atoms with van der Waals surface area (Å²) in [6, 6.07) is -0.952. The van der Waals surface area contributed by atoms with Crippen molar-refractivity contribution < 1.29 is 24.2 Å². The number of hydrogen-bond donors (Lipinski definition) is 2. The summed E-state index contributed by atoms with van der Waals surface area (Å²) in [6.07, 6.45) is -0.0796. The van der Waals surface area contributed by atoms with E-state index in [9.17, 15) is 9.59 Å². The Labute approximate surface area is 100 Å². The van der Waals surface area contributed by atoms with E-state index < -0.39 is 23.7 Å². The van der Waals surface area contributed by atoms with Crippen LogP contribution in [0.15, 0.2) is 0 Å². The van der Waals surface area contributed by atoms with Gasteiger partial charge in [0.25, 0.3) is 0 Å². The Hall–Kier alpha value is -1.30. The van der Waals surface area contributed by atoms with E-state index in [2.05, 4.69) is 5.32 Å². The van der Waals surface area contributed by atoms with Crippen molar-refractivity contribution >= 4 is 12.1 Å². The molecule has 1 fully saturated rings. The van der Waals surface area contributed by atoms with Gasteiger partial charge in [-0.3, -0.25) is 0 Å². The van der Waals surface area contributed by atoms with Crippen LogP contribution in [-0.2, 0) is 14.3 Å². The molecular formula is C11H19NO5. The smallest absolute Gasteiger partial charge is 0.408 e. The maximum absolute atomic E-state index is 11.5. The maximum atomic E-state index is 11.5. The van der Waals surface area contributed by atoms with Crippen molar-refractivity contribution in [3.8, 4) is 0 Å². The van der Waals surface area contributed by atoms with Gasteiger partial charge in [0, 0.05) is 12.5 Å². The van der Waals surface area contributed by atoms with Crippen LogP contribution in [0.25, 0.3) is 0 Å². The zero-order valence-corrected chi connectivity index (χ0v) is 10.4. The van der Waals surface area contributed by atoms with Crippen molar-refractivity contribution in [2.75, 3.05) is 13.2 Å². The van der Waals surface area contributed by atoms with Crippen molar-refractivity contribution in [3.63, 3.8) is 0 Å². The Bertz CT molecular complexity index is 291. The summed E-state index contributed by atoms with van der Waals surface area (Å²) in [6.45, 7) is 6.06. The largest absolute Gasteiger partial charge is 0.480 e. The minimum absolute atomic E-state index is 0.194. The number of nitrogens with one attached hydrogen (secondary N) is 1. The zero-order valence-electron chi connectivity index (χ0n) is 10.4. The zero-order chi connectivity index (χ0) is 13.1. The molecule has 0 saturated carbocycles. The minimum atomic E-state index is -1.06. The molecule has 0 unspecified atom stereocenters. The topological polar surface area (TPSA) is 84.9 Å². The van der Waals surface area contributed by atoms with E-state index >= 15 is 0 Å². The quantitative estimate of drug-likeness (QED) is 0.774. The molecular weight excluding hydrogens is 226 g/mol. The lowest BCUT2D eigenvalue weighted by atomic mass is 9.99. The van der Waals surface area contributed by atoms with Gasteiger partial charge in [-0.15, -0.1) is 0 Å². The van der Waals surface area contributed by atoms with Gasteiger partial charge in [-0.25, -0.2) is 9.59 Å². The molecule has 17 heavy (non-hydrogen) atoms. The SMILES string of the molecule is CC(C)(C)OC(=O)N[C@@H](C(=O)O)[C@H]1CCOC1. The lowest BCUT2D eigenvalue weighted by Crippen LogP contribution is -2.47. The van der Waals surface area contributed by atoms with Crippen LogP contribution in [-0.4, -0.2) is 42.0 Å². The van der Waals surface area contributed by atoms with Crippen molar-refractivity contribution in [1.29, 1.82) is 0 Å². The molecule has 2 N–H and O–H groups in total. The third-order valence-electron chi connectivity index (χ3n) is 2.37. The monoisotopic (exact) mass is 245 g/mol. The Morgan fingerprint density at radius 2 is 2.12 bits per heavy atom. The molecule has 6 heteroatoms. The second-order valence-electron chi connectivity index (χ2n) is 5.09. The van der Waals surface area contributed by atoms with Crippen LogP contribution >= 0.6 is 0 Å². The molecule has 0 aromatic carbocycles. The van der Waals surface area contributed by atoms with E-state index in [1.54, 1.807) is 20.8 Å². The highest BCUT2D eigenvalue weighted by atomic mass is 16.6. The van der Waals surface area contributed by atoms with Crippen molar-refractivity contribution in [1.82, 2.24) is 5.32 Å². The molecule has 1 aliphatic heterocycles. The molecule has 1 heterocycles. The number of ether oxygens (including phenoxy) is 2. The van der Waals surface area contributed by atoms with E-state index in [0.29, 0.717) is 19.6 Å². The number of rotatable bonds is 3. The molecule has 98 valence electrons. The molecule has 0 radical (unpaired) electrons. The highest BCUT2D eigenvalue weighted by Gasteiger charge is 2.33. The minimum Gasteiger partial charge on any atom is -0.480 e. The van der Waals surface area contributed by atoms with Crippen LogP contribution in [0.5, 0.6) is 0 Å². The van der Waals surface area contributed by atoms with Crippen LogP contribution in [0.1, 0.15) is 27.2 Å². The number of aliphatic carboxylic acids is 1. The molecule has 0 bridgehead atoms. The predicted molar refractivity (Wildman–Crippen MR) is 59.7 cm³/mol. The van der Waals surface area contributed by atoms with Gasteiger partial charge >= 0.3 is 12.1 Å². The van der Waals surface area contributed by atoms with Gasteiger partial charge in [-0.1, -0.05) is 0 Å². The molecule has 1 saturated heterocycles. The number of carboxylic acids is 1. The Morgan fingerprint density at radius 3 is 2.53 bits per heavy atom. The van der Waals surface area contributed by atoms with E-state index in [0.717, 1.165) is 0 Å². The molecule has 0 aromatic heterocycles. The van der Waals surface area contributed by atoms with Crippen LogP contribution in [0, 0.1) is 5.92 Å². The van der Waals surface area contributed by atoms with Gasteiger partial charge < -0.3 is 19.9 Å². The molecule has 0 aliphatic carbocycles. The fourth-order valence-corrected chi connectivity index (χ4v) is 1.63. The summed E-state index contributed by atoms with van der Waals surface area (Å²) >= 11 is 0. The Balaban J connectivity index is 2.55. The average Bonchev–Trinajstić information content (AvgIpc) is 2.63. The van der Waals surface area contributed by atoms with E-state index in [4.69, 9.17) is 14.6 Å². The first-order valence-corrected chi connectivity index (χ1v) is 5.59. The van der Waals surface area contributed by atoms with Crippen LogP contribution in [0.3, 0.4) is 0 Å². The number of carboxylic acid groups (broad SMARTS) is 1. The molecule has 0 spiro atoms. The standard InChI is InChI=1S/C11H19NO5/c1-11(2,3)17-10(15)12-8(9(13)14)7-4-5-16-6-7/h7-8H,4-6H2,1-3H3,(H,12,15)(H,13,14)/t7-,8+/m0/s1. The molecule has 2 atom stereocenters. The van der Waals surface area contributed by atoms with Crippen molar-refractivity contribution in [2.45, 2.75) is 38.8 Å². The van der Waals surface area contributed by atoms with Crippen molar-refractivity contribution in [2.24, 2.45) is 5.92 Å². The molecule has 1 aliphatic rings. The fraction of sp³-hybridized carbons (Fsp3) is 0.818. The molecule has 0 aromatic rings. The Kier molecular flexibility index (Phi) is 4.34. The maximum Gasteiger partial charge on any atom is 0.408 e. The van der Waals surface area contributed by atoms with Crippen molar-refractivity contribution in [3.05, 3.63) is 0 Å². The summed E-state index contributed by atoms with van der Waals surface area (Å²) in [7, 11) is 0. The second-order valence-corrected chi connectivity index (χ2v) is 5.09. The third-order valence-corrected chi connectivity index (χ3v) is 2.37. The van der Waals surface area contributed by atoms with Gasteiger partial charge in [0.05, 0.1) is 6.61 Å².